The number of amides is 1. The normalized spacial score (nSPS) is 18.6. The van der Waals surface area contributed by atoms with Crippen molar-refractivity contribution < 1.29 is 14.3 Å². The summed E-state index contributed by atoms with van der Waals surface area (Å²) in [6.07, 6.45) is -0.0707. The van der Waals surface area contributed by atoms with E-state index in [2.05, 4.69) is 5.32 Å². The second-order valence-electron chi connectivity index (χ2n) is 4.57. The Balaban J connectivity index is 2.03. The molecule has 1 aromatic rings. The summed E-state index contributed by atoms with van der Waals surface area (Å²) >= 11 is 0. The van der Waals surface area contributed by atoms with Gasteiger partial charge in [-0.2, -0.15) is 0 Å². The van der Waals surface area contributed by atoms with Gasteiger partial charge < -0.3 is 14.4 Å². The van der Waals surface area contributed by atoms with E-state index in [1.165, 1.54) is 0 Å². The molecule has 5 heteroatoms. The van der Waals surface area contributed by atoms with E-state index < -0.39 is 0 Å². The lowest BCUT2D eigenvalue weighted by molar-refractivity contribution is -0.128. The van der Waals surface area contributed by atoms with Gasteiger partial charge in [0.15, 0.2) is 0 Å². The molecular weight excluding hydrogens is 256 g/mol. The molecule has 110 valence electrons. The van der Waals surface area contributed by atoms with Gasteiger partial charge in [0.05, 0.1) is 19.8 Å². The lowest BCUT2D eigenvalue weighted by Gasteiger charge is -2.24. The van der Waals surface area contributed by atoms with E-state index in [4.69, 9.17) is 9.47 Å². The molecule has 0 radical (unpaired) electrons. The standard InChI is InChI=1S/C15H22N2O3/c1-3-19-10-9-17-14(18)11-16-15(17)12-5-7-13(8-6-12)20-4-2/h5-8,15-16H,3-4,9-11H2,1-2H3. The van der Waals surface area contributed by atoms with Crippen LogP contribution >= 0.6 is 0 Å². The maximum Gasteiger partial charge on any atom is 0.238 e. The minimum atomic E-state index is -0.0707. The number of ether oxygens (including phenoxy) is 2. The molecule has 1 fully saturated rings. The number of nitrogens with zero attached hydrogens (tertiary/aromatic N) is 1. The van der Waals surface area contributed by atoms with Gasteiger partial charge in [0.25, 0.3) is 0 Å². The molecule has 1 N–H and O–H groups in total. The van der Waals surface area contributed by atoms with Crippen molar-refractivity contribution in [3.8, 4) is 5.75 Å². The predicted octanol–water partition coefficient (Wildman–Crippen LogP) is 1.55. The Kier molecular flexibility index (Phi) is 5.38. The zero-order valence-electron chi connectivity index (χ0n) is 12.1. The van der Waals surface area contributed by atoms with Crippen LogP contribution in [0, 0.1) is 0 Å². The molecule has 2 rings (SSSR count). The summed E-state index contributed by atoms with van der Waals surface area (Å²) in [5.41, 5.74) is 1.07. The van der Waals surface area contributed by atoms with E-state index in [0.717, 1.165) is 11.3 Å². The zero-order chi connectivity index (χ0) is 14.4. The molecule has 0 aromatic heterocycles. The Bertz CT molecular complexity index is 433. The van der Waals surface area contributed by atoms with Crippen molar-refractivity contribution in [3.05, 3.63) is 29.8 Å². The van der Waals surface area contributed by atoms with Crippen LogP contribution in [0.4, 0.5) is 0 Å². The Labute approximate surface area is 119 Å². The molecular formula is C15H22N2O3. The van der Waals surface area contributed by atoms with E-state index in [0.29, 0.717) is 32.9 Å². The van der Waals surface area contributed by atoms with E-state index in [-0.39, 0.29) is 12.1 Å². The molecule has 0 aliphatic carbocycles. The summed E-state index contributed by atoms with van der Waals surface area (Å²) in [5, 5.41) is 3.23. The first-order valence-electron chi connectivity index (χ1n) is 7.09. The summed E-state index contributed by atoms with van der Waals surface area (Å²) < 4.78 is 10.8. The first-order chi connectivity index (χ1) is 9.76. The van der Waals surface area contributed by atoms with Gasteiger partial charge in [-0.25, -0.2) is 0 Å². The molecule has 1 atom stereocenters. The van der Waals surface area contributed by atoms with Crippen LogP contribution in [0.5, 0.6) is 5.75 Å². The topological polar surface area (TPSA) is 50.8 Å². The van der Waals surface area contributed by atoms with Gasteiger partial charge in [-0.3, -0.25) is 10.1 Å². The molecule has 1 unspecified atom stereocenters. The van der Waals surface area contributed by atoms with Crippen LogP contribution in [-0.2, 0) is 9.53 Å². The fraction of sp³-hybridized carbons (Fsp3) is 0.533. The molecule has 1 saturated heterocycles. The zero-order valence-corrected chi connectivity index (χ0v) is 12.1. The first kappa shape index (κ1) is 14.8. The monoisotopic (exact) mass is 278 g/mol. The van der Waals surface area contributed by atoms with Crippen molar-refractivity contribution in [1.82, 2.24) is 10.2 Å². The average Bonchev–Trinajstić information content (AvgIpc) is 2.82. The van der Waals surface area contributed by atoms with Gasteiger partial charge in [0, 0.05) is 13.2 Å². The maximum absolute atomic E-state index is 11.9. The van der Waals surface area contributed by atoms with Crippen molar-refractivity contribution in [2.24, 2.45) is 0 Å². The molecule has 1 amide bonds. The third-order valence-corrected chi connectivity index (χ3v) is 3.27. The van der Waals surface area contributed by atoms with Crippen LogP contribution in [0.1, 0.15) is 25.6 Å². The second-order valence-corrected chi connectivity index (χ2v) is 4.57. The van der Waals surface area contributed by atoms with Crippen molar-refractivity contribution in [2.75, 3.05) is 32.9 Å². The molecule has 1 heterocycles. The van der Waals surface area contributed by atoms with Crippen LogP contribution < -0.4 is 10.1 Å². The first-order valence-corrected chi connectivity index (χ1v) is 7.09. The molecule has 1 aliphatic heterocycles. The summed E-state index contributed by atoms with van der Waals surface area (Å²) in [6, 6.07) is 7.86. The van der Waals surface area contributed by atoms with Crippen LogP contribution in [-0.4, -0.2) is 43.7 Å². The molecule has 1 aromatic carbocycles. The highest BCUT2D eigenvalue weighted by molar-refractivity contribution is 5.80. The van der Waals surface area contributed by atoms with Crippen molar-refractivity contribution in [3.63, 3.8) is 0 Å². The number of carbonyl (C=O) groups excluding carboxylic acids is 1. The van der Waals surface area contributed by atoms with Gasteiger partial charge in [0.2, 0.25) is 5.91 Å². The Morgan fingerprint density at radius 1 is 1.25 bits per heavy atom. The third kappa shape index (κ3) is 3.49. The number of nitrogens with one attached hydrogen (secondary N) is 1. The highest BCUT2D eigenvalue weighted by Crippen LogP contribution is 2.24. The van der Waals surface area contributed by atoms with Crippen molar-refractivity contribution >= 4 is 5.91 Å². The lowest BCUT2D eigenvalue weighted by atomic mass is 10.1. The minimum Gasteiger partial charge on any atom is -0.494 e. The van der Waals surface area contributed by atoms with Gasteiger partial charge >= 0.3 is 0 Å². The van der Waals surface area contributed by atoms with Gasteiger partial charge in [-0.15, -0.1) is 0 Å². The highest BCUT2D eigenvalue weighted by Gasteiger charge is 2.30. The van der Waals surface area contributed by atoms with Gasteiger partial charge in [-0.1, -0.05) is 12.1 Å². The Morgan fingerprint density at radius 3 is 2.65 bits per heavy atom. The van der Waals surface area contributed by atoms with Crippen molar-refractivity contribution in [2.45, 2.75) is 20.0 Å². The summed E-state index contributed by atoms with van der Waals surface area (Å²) in [4.78, 5) is 13.7. The van der Waals surface area contributed by atoms with E-state index in [9.17, 15) is 4.79 Å². The van der Waals surface area contributed by atoms with Crippen molar-refractivity contribution in [1.29, 1.82) is 0 Å². The van der Waals surface area contributed by atoms with E-state index in [1.54, 1.807) is 0 Å². The number of hydrogen-bond acceptors (Lipinski definition) is 4. The maximum atomic E-state index is 11.9. The van der Waals surface area contributed by atoms with Crippen LogP contribution in [0.15, 0.2) is 24.3 Å². The molecule has 5 nitrogen and oxygen atoms in total. The fourth-order valence-corrected chi connectivity index (χ4v) is 2.31. The molecule has 0 saturated carbocycles. The fourth-order valence-electron chi connectivity index (χ4n) is 2.31. The summed E-state index contributed by atoms with van der Waals surface area (Å²) in [7, 11) is 0. The molecule has 0 bridgehead atoms. The smallest absolute Gasteiger partial charge is 0.238 e. The second kappa shape index (κ2) is 7.26. The van der Waals surface area contributed by atoms with Crippen LogP contribution in [0.2, 0.25) is 0 Å². The average molecular weight is 278 g/mol. The SMILES string of the molecule is CCOCCN1C(=O)CNC1c1ccc(OCC)cc1. The number of hydrogen-bond donors (Lipinski definition) is 1. The number of rotatable bonds is 7. The summed E-state index contributed by atoms with van der Waals surface area (Å²) in [6.45, 7) is 6.79. The highest BCUT2D eigenvalue weighted by atomic mass is 16.5. The van der Waals surface area contributed by atoms with Gasteiger partial charge in [0.1, 0.15) is 11.9 Å². The van der Waals surface area contributed by atoms with Crippen LogP contribution in [0.25, 0.3) is 0 Å². The quantitative estimate of drug-likeness (QED) is 0.769. The Hall–Kier alpha value is -1.59. The van der Waals surface area contributed by atoms with E-state index in [1.807, 2.05) is 43.0 Å². The van der Waals surface area contributed by atoms with E-state index >= 15 is 0 Å². The minimum absolute atomic E-state index is 0.0707. The third-order valence-electron chi connectivity index (χ3n) is 3.27. The summed E-state index contributed by atoms with van der Waals surface area (Å²) in [5.74, 6) is 0.963. The molecule has 1 aliphatic rings. The number of benzene rings is 1. The van der Waals surface area contributed by atoms with Gasteiger partial charge in [-0.05, 0) is 31.5 Å². The number of carbonyl (C=O) groups is 1. The lowest BCUT2D eigenvalue weighted by Crippen LogP contribution is -2.33. The van der Waals surface area contributed by atoms with Crippen LogP contribution in [0.3, 0.4) is 0 Å². The predicted molar refractivity (Wildman–Crippen MR) is 76.6 cm³/mol. The molecule has 0 spiro atoms. The molecule has 20 heavy (non-hydrogen) atoms. The largest absolute Gasteiger partial charge is 0.494 e. The Morgan fingerprint density at radius 2 is 2.00 bits per heavy atom.